The molecule has 1 aliphatic heterocycles. The predicted octanol–water partition coefficient (Wildman–Crippen LogP) is 4.57. The van der Waals surface area contributed by atoms with Gasteiger partial charge in [0.15, 0.2) is 0 Å². The minimum Gasteiger partial charge on any atom is -0.325 e. The van der Waals surface area contributed by atoms with Gasteiger partial charge in [0.2, 0.25) is 0 Å². The van der Waals surface area contributed by atoms with Crippen LogP contribution in [-0.2, 0) is 0 Å². The molecule has 1 aromatic carbocycles. The Morgan fingerprint density at radius 2 is 1.92 bits per heavy atom. The molecule has 2 N–H and O–H groups in total. The average Bonchev–Trinajstić information content (AvgIpc) is 2.56. The van der Waals surface area contributed by atoms with Gasteiger partial charge in [0.25, 0.3) is 0 Å². The molecule has 0 radical (unpaired) electrons. The quantitative estimate of drug-likeness (QED) is 0.739. The second-order valence-corrected chi connectivity index (χ2v) is 8.94. The first-order chi connectivity index (χ1) is 11.4. The number of carbonyl (C=O) groups is 1. The van der Waals surface area contributed by atoms with E-state index in [1.165, 1.54) is 17.7 Å². The Bertz CT molecular complexity index is 524. The molecule has 1 aromatic rings. The standard InChI is InChI=1S/C19H31N3OS/c1-5-12-19(2,3)24-17-8-6-15(7-9-17)21-18(23)22(4)16-10-13-20-14-11-16/h6-9,16,20H,5,10-14H2,1-4H3,(H,21,23). The molecule has 0 aliphatic carbocycles. The third kappa shape index (κ3) is 5.71. The van der Waals surface area contributed by atoms with Gasteiger partial charge in [0, 0.05) is 28.4 Å². The normalized spacial score (nSPS) is 16.0. The number of hydrogen-bond donors (Lipinski definition) is 2. The highest BCUT2D eigenvalue weighted by Gasteiger charge is 2.22. The summed E-state index contributed by atoms with van der Waals surface area (Å²) in [7, 11) is 1.89. The number of piperidine rings is 1. The molecule has 1 saturated heterocycles. The maximum Gasteiger partial charge on any atom is 0.321 e. The zero-order valence-corrected chi connectivity index (χ0v) is 16.2. The summed E-state index contributed by atoms with van der Waals surface area (Å²) in [4.78, 5) is 15.5. The van der Waals surface area contributed by atoms with Crippen LogP contribution in [0.4, 0.5) is 10.5 Å². The van der Waals surface area contributed by atoms with E-state index in [1.807, 2.05) is 35.8 Å². The van der Waals surface area contributed by atoms with Crippen molar-refractivity contribution in [1.29, 1.82) is 0 Å². The molecule has 2 amide bonds. The summed E-state index contributed by atoms with van der Waals surface area (Å²) in [5, 5.41) is 6.34. The van der Waals surface area contributed by atoms with Gasteiger partial charge in [-0.3, -0.25) is 0 Å². The van der Waals surface area contributed by atoms with E-state index in [0.717, 1.165) is 31.6 Å². The van der Waals surface area contributed by atoms with Gasteiger partial charge in [-0.1, -0.05) is 27.2 Å². The van der Waals surface area contributed by atoms with Crippen molar-refractivity contribution in [1.82, 2.24) is 10.2 Å². The van der Waals surface area contributed by atoms with Crippen molar-refractivity contribution in [3.05, 3.63) is 24.3 Å². The summed E-state index contributed by atoms with van der Waals surface area (Å²) in [6.45, 7) is 8.76. The zero-order valence-electron chi connectivity index (χ0n) is 15.4. The third-order valence-electron chi connectivity index (χ3n) is 4.53. The molecular formula is C19H31N3OS. The van der Waals surface area contributed by atoms with E-state index in [0.29, 0.717) is 6.04 Å². The summed E-state index contributed by atoms with van der Waals surface area (Å²) in [6.07, 6.45) is 4.42. The van der Waals surface area contributed by atoms with Crippen LogP contribution in [0.2, 0.25) is 0 Å². The number of nitrogens with one attached hydrogen (secondary N) is 2. The third-order valence-corrected chi connectivity index (χ3v) is 5.79. The second kappa shape index (κ2) is 8.77. The number of anilines is 1. The fourth-order valence-corrected chi connectivity index (χ4v) is 4.37. The first kappa shape index (κ1) is 19.1. The Kier molecular flexibility index (Phi) is 6.99. The second-order valence-electron chi connectivity index (χ2n) is 7.16. The van der Waals surface area contributed by atoms with E-state index in [1.54, 1.807) is 0 Å². The maximum absolute atomic E-state index is 12.4. The zero-order chi connectivity index (χ0) is 17.6. The molecule has 1 heterocycles. The minimum atomic E-state index is -0.0198. The van der Waals surface area contributed by atoms with Crippen molar-refractivity contribution in [2.75, 3.05) is 25.5 Å². The van der Waals surface area contributed by atoms with Crippen molar-refractivity contribution in [2.45, 2.75) is 62.1 Å². The van der Waals surface area contributed by atoms with E-state index >= 15 is 0 Å². The van der Waals surface area contributed by atoms with Crippen LogP contribution in [0.3, 0.4) is 0 Å². The Morgan fingerprint density at radius 1 is 1.29 bits per heavy atom. The Morgan fingerprint density at radius 3 is 2.50 bits per heavy atom. The van der Waals surface area contributed by atoms with E-state index in [2.05, 4.69) is 43.5 Å². The van der Waals surface area contributed by atoms with Crippen LogP contribution >= 0.6 is 11.8 Å². The molecule has 5 heteroatoms. The minimum absolute atomic E-state index is 0.0198. The van der Waals surface area contributed by atoms with Gasteiger partial charge in [-0.15, -0.1) is 11.8 Å². The van der Waals surface area contributed by atoms with Crippen LogP contribution in [0, 0.1) is 0 Å². The Balaban J connectivity index is 1.89. The van der Waals surface area contributed by atoms with Crippen LogP contribution in [0.5, 0.6) is 0 Å². The van der Waals surface area contributed by atoms with E-state index in [9.17, 15) is 4.79 Å². The van der Waals surface area contributed by atoms with E-state index in [4.69, 9.17) is 0 Å². The predicted molar refractivity (Wildman–Crippen MR) is 104 cm³/mol. The summed E-state index contributed by atoms with van der Waals surface area (Å²) in [5.74, 6) is 0. The van der Waals surface area contributed by atoms with Gasteiger partial charge >= 0.3 is 6.03 Å². The van der Waals surface area contributed by atoms with Gasteiger partial charge in [0.05, 0.1) is 0 Å². The number of carbonyl (C=O) groups excluding carboxylic acids is 1. The van der Waals surface area contributed by atoms with Crippen LogP contribution in [0.25, 0.3) is 0 Å². The molecule has 1 fully saturated rings. The number of hydrogen-bond acceptors (Lipinski definition) is 3. The Hall–Kier alpha value is -1.20. The van der Waals surface area contributed by atoms with Crippen LogP contribution in [0.15, 0.2) is 29.2 Å². The van der Waals surface area contributed by atoms with Crippen molar-refractivity contribution in [3.63, 3.8) is 0 Å². The monoisotopic (exact) mass is 349 g/mol. The number of rotatable bonds is 6. The topological polar surface area (TPSA) is 44.4 Å². The number of amides is 2. The van der Waals surface area contributed by atoms with Crippen LogP contribution in [-0.4, -0.2) is 41.9 Å². The number of thioether (sulfide) groups is 1. The van der Waals surface area contributed by atoms with Gasteiger partial charge in [-0.25, -0.2) is 4.79 Å². The van der Waals surface area contributed by atoms with E-state index in [-0.39, 0.29) is 10.8 Å². The molecule has 0 aromatic heterocycles. The smallest absolute Gasteiger partial charge is 0.321 e. The molecule has 0 spiro atoms. The Labute approximate surface area is 150 Å². The van der Waals surface area contributed by atoms with Gasteiger partial charge in [-0.2, -0.15) is 0 Å². The first-order valence-electron chi connectivity index (χ1n) is 8.95. The van der Waals surface area contributed by atoms with Crippen molar-refractivity contribution < 1.29 is 4.79 Å². The van der Waals surface area contributed by atoms with Gasteiger partial charge in [-0.05, 0) is 56.6 Å². The largest absolute Gasteiger partial charge is 0.325 e. The lowest BCUT2D eigenvalue weighted by atomic mass is 10.1. The van der Waals surface area contributed by atoms with Crippen LogP contribution in [0.1, 0.15) is 46.5 Å². The summed E-state index contributed by atoms with van der Waals surface area (Å²) in [6, 6.07) is 8.51. The van der Waals surface area contributed by atoms with E-state index < -0.39 is 0 Å². The molecule has 0 atom stereocenters. The molecule has 134 valence electrons. The highest BCUT2D eigenvalue weighted by molar-refractivity contribution is 8.00. The number of nitrogens with zero attached hydrogens (tertiary/aromatic N) is 1. The molecule has 1 aliphatic rings. The summed E-state index contributed by atoms with van der Waals surface area (Å²) < 4.78 is 0.245. The van der Waals surface area contributed by atoms with Crippen LogP contribution < -0.4 is 10.6 Å². The maximum atomic E-state index is 12.4. The molecule has 0 bridgehead atoms. The molecule has 24 heavy (non-hydrogen) atoms. The highest BCUT2D eigenvalue weighted by atomic mass is 32.2. The number of urea groups is 1. The SMILES string of the molecule is CCCC(C)(C)Sc1ccc(NC(=O)N(C)C2CCNCC2)cc1. The molecule has 4 nitrogen and oxygen atoms in total. The molecule has 2 rings (SSSR count). The first-order valence-corrected chi connectivity index (χ1v) is 9.76. The summed E-state index contributed by atoms with van der Waals surface area (Å²) in [5.41, 5.74) is 0.860. The highest BCUT2D eigenvalue weighted by Crippen LogP contribution is 2.36. The van der Waals surface area contributed by atoms with Gasteiger partial charge in [0.1, 0.15) is 0 Å². The number of benzene rings is 1. The van der Waals surface area contributed by atoms with Crippen molar-refractivity contribution in [2.24, 2.45) is 0 Å². The van der Waals surface area contributed by atoms with Crippen molar-refractivity contribution >= 4 is 23.5 Å². The molecular weight excluding hydrogens is 318 g/mol. The lowest BCUT2D eigenvalue weighted by molar-refractivity contribution is 0.189. The summed E-state index contributed by atoms with van der Waals surface area (Å²) >= 11 is 1.90. The molecule has 0 unspecified atom stereocenters. The lowest BCUT2D eigenvalue weighted by Gasteiger charge is -2.31. The fraction of sp³-hybridized carbons (Fsp3) is 0.632. The molecule has 0 saturated carbocycles. The van der Waals surface area contributed by atoms with Gasteiger partial charge < -0.3 is 15.5 Å². The lowest BCUT2D eigenvalue weighted by Crippen LogP contribution is -2.45. The van der Waals surface area contributed by atoms with Crippen molar-refractivity contribution in [3.8, 4) is 0 Å². The fourth-order valence-electron chi connectivity index (χ4n) is 3.15. The average molecular weight is 350 g/mol.